The number of nitrogens with one attached hydrogen (secondary N) is 1. The van der Waals surface area contributed by atoms with Gasteiger partial charge < -0.3 is 10.2 Å². The number of hydrogen-bond donors (Lipinski definition) is 1. The first-order valence-electron chi connectivity index (χ1n) is 10.6. The summed E-state index contributed by atoms with van der Waals surface area (Å²) in [5.74, 6) is 1.02. The minimum atomic E-state index is -0.567. The Bertz CT molecular complexity index is 1110. The lowest BCUT2D eigenvalue weighted by molar-refractivity contribution is -0.130. The van der Waals surface area contributed by atoms with Crippen molar-refractivity contribution >= 4 is 29.3 Å². The average Bonchev–Trinajstić information content (AvgIpc) is 2.81. The van der Waals surface area contributed by atoms with Crippen molar-refractivity contribution < 1.29 is 14.0 Å². The SMILES string of the molecule is Cc1ccc(-c2ccc(C(=O)Nc3ccc(CC(=O)N4CCSCC4)cc3)c(F)c2)cc1. The fourth-order valence-corrected chi connectivity index (χ4v) is 4.53. The Morgan fingerprint density at radius 3 is 2.25 bits per heavy atom. The van der Waals surface area contributed by atoms with E-state index < -0.39 is 11.7 Å². The molecule has 1 heterocycles. The lowest BCUT2D eigenvalue weighted by Gasteiger charge is -2.26. The van der Waals surface area contributed by atoms with E-state index in [1.54, 1.807) is 18.2 Å². The first-order valence-corrected chi connectivity index (χ1v) is 11.8. The maximum Gasteiger partial charge on any atom is 0.258 e. The summed E-state index contributed by atoms with van der Waals surface area (Å²) in [4.78, 5) is 26.9. The first-order chi connectivity index (χ1) is 15.5. The number of halogens is 1. The predicted octanol–water partition coefficient (Wildman–Crippen LogP) is 5.17. The van der Waals surface area contributed by atoms with Gasteiger partial charge in [-0.15, -0.1) is 0 Å². The molecule has 2 amide bonds. The minimum absolute atomic E-state index is 0.0110. The van der Waals surface area contributed by atoms with Gasteiger partial charge >= 0.3 is 0 Å². The van der Waals surface area contributed by atoms with Crippen molar-refractivity contribution in [2.45, 2.75) is 13.3 Å². The van der Waals surface area contributed by atoms with Crippen LogP contribution in [0.1, 0.15) is 21.5 Å². The number of thioether (sulfide) groups is 1. The molecule has 0 bridgehead atoms. The molecule has 3 aromatic carbocycles. The molecule has 6 heteroatoms. The normalized spacial score (nSPS) is 13.6. The molecule has 0 atom stereocenters. The number of hydrogen-bond acceptors (Lipinski definition) is 3. The number of nitrogens with zero attached hydrogens (tertiary/aromatic N) is 1. The van der Waals surface area contributed by atoms with Gasteiger partial charge in [-0.1, -0.05) is 48.0 Å². The Morgan fingerprint density at radius 2 is 1.59 bits per heavy atom. The van der Waals surface area contributed by atoms with Crippen LogP contribution in [0, 0.1) is 12.7 Å². The van der Waals surface area contributed by atoms with Gasteiger partial charge in [-0.3, -0.25) is 9.59 Å². The van der Waals surface area contributed by atoms with Gasteiger partial charge in [-0.25, -0.2) is 4.39 Å². The van der Waals surface area contributed by atoms with Crippen LogP contribution in [0.4, 0.5) is 10.1 Å². The number of benzene rings is 3. The lowest BCUT2D eigenvalue weighted by atomic mass is 10.0. The van der Waals surface area contributed by atoms with E-state index in [2.05, 4.69) is 5.32 Å². The van der Waals surface area contributed by atoms with Crippen molar-refractivity contribution in [3.8, 4) is 11.1 Å². The van der Waals surface area contributed by atoms with E-state index in [1.165, 1.54) is 12.1 Å². The zero-order valence-electron chi connectivity index (χ0n) is 17.9. The van der Waals surface area contributed by atoms with Gasteiger partial charge in [0.25, 0.3) is 5.91 Å². The lowest BCUT2D eigenvalue weighted by Crippen LogP contribution is -2.38. The van der Waals surface area contributed by atoms with E-state index in [0.29, 0.717) is 12.1 Å². The van der Waals surface area contributed by atoms with Gasteiger partial charge in [0, 0.05) is 30.3 Å². The van der Waals surface area contributed by atoms with Crippen molar-refractivity contribution in [3.05, 3.63) is 89.2 Å². The average molecular weight is 449 g/mol. The van der Waals surface area contributed by atoms with E-state index in [4.69, 9.17) is 0 Å². The molecular formula is C26H25FN2O2S. The fraction of sp³-hybridized carbons (Fsp3) is 0.231. The van der Waals surface area contributed by atoms with Gasteiger partial charge in [0.1, 0.15) is 5.82 Å². The molecule has 1 saturated heterocycles. The zero-order chi connectivity index (χ0) is 22.5. The molecule has 0 radical (unpaired) electrons. The maximum atomic E-state index is 14.6. The number of carbonyl (C=O) groups excluding carboxylic acids is 2. The standard InChI is InChI=1S/C26H25FN2O2S/c1-18-2-6-20(7-3-18)21-8-11-23(24(27)17-21)26(31)28-22-9-4-19(5-10-22)16-25(30)29-12-14-32-15-13-29/h2-11,17H,12-16H2,1H3,(H,28,31). The highest BCUT2D eigenvalue weighted by Gasteiger charge is 2.17. The van der Waals surface area contributed by atoms with Crippen LogP contribution in [0.25, 0.3) is 11.1 Å². The van der Waals surface area contributed by atoms with Crippen LogP contribution >= 0.6 is 11.8 Å². The molecule has 32 heavy (non-hydrogen) atoms. The van der Waals surface area contributed by atoms with Crippen molar-refractivity contribution in [1.82, 2.24) is 4.90 Å². The van der Waals surface area contributed by atoms with E-state index >= 15 is 0 Å². The molecule has 1 N–H and O–H groups in total. The van der Waals surface area contributed by atoms with Gasteiger partial charge in [-0.2, -0.15) is 11.8 Å². The van der Waals surface area contributed by atoms with Gasteiger partial charge in [-0.05, 0) is 47.9 Å². The second-order valence-electron chi connectivity index (χ2n) is 7.88. The highest BCUT2D eigenvalue weighted by atomic mass is 32.2. The summed E-state index contributed by atoms with van der Waals surface area (Å²) in [6.45, 7) is 3.59. The smallest absolute Gasteiger partial charge is 0.258 e. The Morgan fingerprint density at radius 1 is 0.938 bits per heavy atom. The molecule has 0 spiro atoms. The number of aryl methyl sites for hydroxylation is 1. The van der Waals surface area contributed by atoms with Crippen molar-refractivity contribution in [1.29, 1.82) is 0 Å². The molecule has 0 aliphatic carbocycles. The zero-order valence-corrected chi connectivity index (χ0v) is 18.8. The molecule has 4 rings (SSSR count). The molecule has 164 valence electrons. The summed E-state index contributed by atoms with van der Waals surface area (Å²) in [5, 5.41) is 2.73. The van der Waals surface area contributed by atoms with Crippen LogP contribution in [-0.2, 0) is 11.2 Å². The molecule has 1 fully saturated rings. The van der Waals surface area contributed by atoms with Crippen LogP contribution in [0.5, 0.6) is 0 Å². The van der Waals surface area contributed by atoms with Crippen LogP contribution < -0.4 is 5.32 Å². The summed E-state index contributed by atoms with van der Waals surface area (Å²) in [5.41, 5.74) is 4.19. The highest BCUT2D eigenvalue weighted by molar-refractivity contribution is 7.99. The summed E-state index contributed by atoms with van der Waals surface area (Å²) in [7, 11) is 0. The third kappa shape index (κ3) is 5.37. The van der Waals surface area contributed by atoms with Crippen LogP contribution in [0.2, 0.25) is 0 Å². The minimum Gasteiger partial charge on any atom is -0.341 e. The number of carbonyl (C=O) groups is 2. The molecule has 0 saturated carbocycles. The van der Waals surface area contributed by atoms with Gasteiger partial charge in [0.15, 0.2) is 0 Å². The van der Waals surface area contributed by atoms with Crippen molar-refractivity contribution in [2.24, 2.45) is 0 Å². The Hall–Kier alpha value is -3.12. The highest BCUT2D eigenvalue weighted by Crippen LogP contribution is 2.23. The Balaban J connectivity index is 1.39. The van der Waals surface area contributed by atoms with E-state index in [-0.39, 0.29) is 11.5 Å². The summed E-state index contributed by atoms with van der Waals surface area (Å²) >= 11 is 1.87. The van der Waals surface area contributed by atoms with Crippen LogP contribution in [0.3, 0.4) is 0 Å². The summed E-state index contributed by atoms with van der Waals surface area (Å²) in [6.07, 6.45) is 0.341. The van der Waals surface area contributed by atoms with E-state index in [1.807, 2.05) is 60.0 Å². The molecule has 0 aromatic heterocycles. The van der Waals surface area contributed by atoms with Crippen LogP contribution in [0.15, 0.2) is 66.7 Å². The number of anilines is 1. The number of rotatable bonds is 5. The van der Waals surface area contributed by atoms with Crippen molar-refractivity contribution in [2.75, 3.05) is 29.9 Å². The summed E-state index contributed by atoms with van der Waals surface area (Å²) < 4.78 is 14.6. The predicted molar refractivity (Wildman–Crippen MR) is 129 cm³/mol. The van der Waals surface area contributed by atoms with Crippen molar-refractivity contribution in [3.63, 3.8) is 0 Å². The Kier molecular flexibility index (Phi) is 6.90. The van der Waals surface area contributed by atoms with E-state index in [9.17, 15) is 14.0 Å². The topological polar surface area (TPSA) is 49.4 Å². The van der Waals surface area contributed by atoms with Gasteiger partial charge in [0.05, 0.1) is 12.0 Å². The van der Waals surface area contributed by atoms with Gasteiger partial charge in [0.2, 0.25) is 5.91 Å². The summed E-state index contributed by atoms with van der Waals surface area (Å²) in [6, 6.07) is 19.6. The quantitative estimate of drug-likeness (QED) is 0.586. The third-order valence-electron chi connectivity index (χ3n) is 5.53. The second-order valence-corrected chi connectivity index (χ2v) is 9.11. The monoisotopic (exact) mass is 448 g/mol. The largest absolute Gasteiger partial charge is 0.341 e. The Labute approximate surface area is 191 Å². The fourth-order valence-electron chi connectivity index (χ4n) is 3.63. The molecule has 4 nitrogen and oxygen atoms in total. The van der Waals surface area contributed by atoms with Crippen LogP contribution in [-0.4, -0.2) is 41.3 Å². The number of amides is 2. The molecular weight excluding hydrogens is 423 g/mol. The molecule has 1 aliphatic heterocycles. The second kappa shape index (κ2) is 10.0. The molecule has 3 aromatic rings. The maximum absolute atomic E-state index is 14.6. The molecule has 0 unspecified atom stereocenters. The van der Waals surface area contributed by atoms with E-state index in [0.717, 1.165) is 46.8 Å². The molecule has 1 aliphatic rings. The first kappa shape index (κ1) is 22.1. The third-order valence-corrected chi connectivity index (χ3v) is 6.47.